The van der Waals surface area contributed by atoms with Gasteiger partial charge < -0.3 is 19.7 Å². The van der Waals surface area contributed by atoms with Gasteiger partial charge in [0.15, 0.2) is 0 Å². The average Bonchev–Trinajstić information content (AvgIpc) is 2.61. The predicted octanol–water partition coefficient (Wildman–Crippen LogP) is 1.93. The molecule has 0 aromatic rings. The van der Waals surface area contributed by atoms with Crippen LogP contribution < -0.4 is 5.32 Å². The number of nitrogens with one attached hydrogen (secondary N) is 1. The summed E-state index contributed by atoms with van der Waals surface area (Å²) in [6.45, 7) is 8.00. The SMILES string of the molecule is CC(C)(C)OC(=O)NC(C(=O)N1CCCOCC1)C1CCC1. The highest BCUT2D eigenvalue weighted by Gasteiger charge is 2.37. The maximum atomic E-state index is 12.8. The summed E-state index contributed by atoms with van der Waals surface area (Å²) in [6.07, 6.45) is 3.42. The third kappa shape index (κ3) is 4.87. The number of hydrogen-bond donors (Lipinski definition) is 1. The van der Waals surface area contributed by atoms with E-state index in [1.165, 1.54) is 0 Å². The fourth-order valence-electron chi connectivity index (χ4n) is 2.75. The molecule has 0 aromatic carbocycles. The molecule has 22 heavy (non-hydrogen) atoms. The number of hydrogen-bond acceptors (Lipinski definition) is 4. The Morgan fingerprint density at radius 1 is 1.18 bits per heavy atom. The lowest BCUT2D eigenvalue weighted by Gasteiger charge is -2.36. The van der Waals surface area contributed by atoms with E-state index in [1.54, 1.807) is 0 Å². The molecule has 0 radical (unpaired) electrons. The van der Waals surface area contributed by atoms with Gasteiger partial charge in [0.2, 0.25) is 5.91 Å². The Morgan fingerprint density at radius 2 is 1.91 bits per heavy atom. The fourth-order valence-corrected chi connectivity index (χ4v) is 2.75. The van der Waals surface area contributed by atoms with Crippen molar-refractivity contribution in [2.75, 3.05) is 26.3 Å². The molecular weight excluding hydrogens is 284 g/mol. The molecule has 6 nitrogen and oxygen atoms in total. The van der Waals surface area contributed by atoms with Crippen molar-refractivity contribution < 1.29 is 19.1 Å². The van der Waals surface area contributed by atoms with Gasteiger partial charge in [0.25, 0.3) is 0 Å². The molecule has 1 atom stereocenters. The molecule has 1 N–H and O–H groups in total. The van der Waals surface area contributed by atoms with E-state index < -0.39 is 17.7 Å². The Balaban J connectivity index is 1.98. The molecule has 1 aliphatic carbocycles. The van der Waals surface area contributed by atoms with Gasteiger partial charge in [0.05, 0.1) is 6.61 Å². The highest BCUT2D eigenvalue weighted by atomic mass is 16.6. The lowest BCUT2D eigenvalue weighted by molar-refractivity contribution is -0.135. The molecule has 0 bridgehead atoms. The van der Waals surface area contributed by atoms with Gasteiger partial charge in [-0.1, -0.05) is 6.42 Å². The topological polar surface area (TPSA) is 67.9 Å². The summed E-state index contributed by atoms with van der Waals surface area (Å²) in [5.41, 5.74) is -0.562. The third-order valence-electron chi connectivity index (χ3n) is 4.09. The molecular formula is C16H28N2O4. The molecule has 2 amide bonds. The summed E-state index contributed by atoms with van der Waals surface area (Å²) in [5, 5.41) is 2.80. The van der Waals surface area contributed by atoms with Crippen molar-refractivity contribution in [3.05, 3.63) is 0 Å². The molecule has 1 saturated heterocycles. The van der Waals surface area contributed by atoms with Gasteiger partial charge in [0, 0.05) is 19.7 Å². The normalized spacial score (nSPS) is 21.5. The first-order valence-electron chi connectivity index (χ1n) is 8.23. The van der Waals surface area contributed by atoms with Crippen LogP contribution in [0.15, 0.2) is 0 Å². The van der Waals surface area contributed by atoms with Crippen molar-refractivity contribution in [1.29, 1.82) is 0 Å². The summed E-state index contributed by atoms with van der Waals surface area (Å²) in [4.78, 5) is 26.6. The average molecular weight is 312 g/mol. The summed E-state index contributed by atoms with van der Waals surface area (Å²) >= 11 is 0. The van der Waals surface area contributed by atoms with Crippen molar-refractivity contribution in [2.45, 2.75) is 58.1 Å². The Kier molecular flexibility index (Phi) is 5.67. The number of carbonyl (C=O) groups excluding carboxylic acids is 2. The number of carbonyl (C=O) groups is 2. The zero-order chi connectivity index (χ0) is 16.2. The highest BCUT2D eigenvalue weighted by Crippen LogP contribution is 2.30. The van der Waals surface area contributed by atoms with Crippen LogP contribution in [0.1, 0.15) is 46.5 Å². The maximum Gasteiger partial charge on any atom is 0.408 e. The second-order valence-electron chi connectivity index (χ2n) is 7.11. The van der Waals surface area contributed by atoms with Crippen LogP contribution in [0.4, 0.5) is 4.79 Å². The van der Waals surface area contributed by atoms with Gasteiger partial charge in [-0.05, 0) is 46.0 Å². The van der Waals surface area contributed by atoms with Gasteiger partial charge in [-0.15, -0.1) is 0 Å². The molecule has 6 heteroatoms. The van der Waals surface area contributed by atoms with E-state index in [-0.39, 0.29) is 11.8 Å². The molecule has 2 rings (SSSR count). The first kappa shape index (κ1) is 17.1. The van der Waals surface area contributed by atoms with E-state index in [9.17, 15) is 9.59 Å². The zero-order valence-corrected chi connectivity index (χ0v) is 13.9. The van der Waals surface area contributed by atoms with Gasteiger partial charge in [-0.3, -0.25) is 4.79 Å². The maximum absolute atomic E-state index is 12.8. The number of rotatable bonds is 3. The van der Waals surface area contributed by atoms with Crippen molar-refractivity contribution in [2.24, 2.45) is 5.92 Å². The fraction of sp³-hybridized carbons (Fsp3) is 0.875. The van der Waals surface area contributed by atoms with Crippen LogP contribution in [0.2, 0.25) is 0 Å². The molecule has 1 heterocycles. The predicted molar refractivity (Wildman–Crippen MR) is 82.5 cm³/mol. The minimum atomic E-state index is -0.562. The monoisotopic (exact) mass is 312 g/mol. The minimum Gasteiger partial charge on any atom is -0.444 e. The van der Waals surface area contributed by atoms with Crippen molar-refractivity contribution >= 4 is 12.0 Å². The molecule has 0 spiro atoms. The zero-order valence-electron chi connectivity index (χ0n) is 13.9. The van der Waals surface area contributed by atoms with E-state index in [2.05, 4.69) is 5.32 Å². The summed E-state index contributed by atoms with van der Waals surface area (Å²) in [5.74, 6) is 0.227. The number of ether oxygens (including phenoxy) is 2. The Bertz CT molecular complexity index is 393. The minimum absolute atomic E-state index is 0.000981. The second kappa shape index (κ2) is 7.31. The van der Waals surface area contributed by atoms with E-state index in [0.717, 1.165) is 25.7 Å². The van der Waals surface area contributed by atoms with Crippen molar-refractivity contribution in [3.8, 4) is 0 Å². The van der Waals surface area contributed by atoms with E-state index in [4.69, 9.17) is 9.47 Å². The van der Waals surface area contributed by atoms with Crippen molar-refractivity contribution in [1.82, 2.24) is 10.2 Å². The molecule has 2 aliphatic rings. The molecule has 0 aromatic heterocycles. The van der Waals surface area contributed by atoms with Crippen LogP contribution in [0.25, 0.3) is 0 Å². The van der Waals surface area contributed by atoms with Crippen LogP contribution in [-0.4, -0.2) is 54.8 Å². The Labute approximate surface area is 132 Å². The van der Waals surface area contributed by atoms with Gasteiger partial charge >= 0.3 is 6.09 Å². The standard InChI is InChI=1S/C16H28N2O4/c1-16(2,3)22-15(20)17-13(12-6-4-7-12)14(19)18-8-5-10-21-11-9-18/h12-13H,4-11H2,1-3H3,(H,17,20). The quantitative estimate of drug-likeness (QED) is 0.864. The van der Waals surface area contributed by atoms with E-state index in [0.29, 0.717) is 26.3 Å². The number of alkyl carbamates (subject to hydrolysis) is 1. The van der Waals surface area contributed by atoms with Crippen LogP contribution in [0.5, 0.6) is 0 Å². The molecule has 126 valence electrons. The van der Waals surface area contributed by atoms with E-state index >= 15 is 0 Å². The largest absolute Gasteiger partial charge is 0.444 e. The van der Waals surface area contributed by atoms with Crippen molar-refractivity contribution in [3.63, 3.8) is 0 Å². The lowest BCUT2D eigenvalue weighted by Crippen LogP contribution is -2.55. The Hall–Kier alpha value is -1.30. The molecule has 1 unspecified atom stereocenters. The first-order valence-corrected chi connectivity index (χ1v) is 8.23. The smallest absolute Gasteiger partial charge is 0.408 e. The number of nitrogens with zero attached hydrogens (tertiary/aromatic N) is 1. The lowest BCUT2D eigenvalue weighted by atomic mass is 9.79. The molecule has 2 fully saturated rings. The number of amides is 2. The van der Waals surface area contributed by atoms with Crippen LogP contribution in [-0.2, 0) is 14.3 Å². The van der Waals surface area contributed by atoms with Crippen LogP contribution >= 0.6 is 0 Å². The molecule has 1 aliphatic heterocycles. The first-order chi connectivity index (χ1) is 10.4. The van der Waals surface area contributed by atoms with E-state index in [1.807, 2.05) is 25.7 Å². The van der Waals surface area contributed by atoms with Gasteiger partial charge in [-0.25, -0.2) is 4.79 Å². The van der Waals surface area contributed by atoms with Crippen LogP contribution in [0.3, 0.4) is 0 Å². The summed E-state index contributed by atoms with van der Waals surface area (Å²) in [7, 11) is 0. The van der Waals surface area contributed by atoms with Gasteiger partial charge in [-0.2, -0.15) is 0 Å². The second-order valence-corrected chi connectivity index (χ2v) is 7.11. The summed E-state index contributed by atoms with van der Waals surface area (Å²) in [6, 6.07) is -0.471. The highest BCUT2D eigenvalue weighted by molar-refractivity contribution is 5.86. The molecule has 1 saturated carbocycles. The third-order valence-corrected chi connectivity index (χ3v) is 4.09. The van der Waals surface area contributed by atoms with Gasteiger partial charge in [0.1, 0.15) is 11.6 Å². The Morgan fingerprint density at radius 3 is 2.50 bits per heavy atom. The van der Waals surface area contributed by atoms with Crippen LogP contribution in [0, 0.1) is 5.92 Å². The summed E-state index contributed by atoms with van der Waals surface area (Å²) < 4.78 is 10.7.